The van der Waals surface area contributed by atoms with Crippen LogP contribution in [0.4, 0.5) is 5.69 Å². The van der Waals surface area contributed by atoms with Crippen molar-refractivity contribution in [1.82, 2.24) is 0 Å². The van der Waals surface area contributed by atoms with Gasteiger partial charge < -0.3 is 19.5 Å². The first-order valence-electron chi connectivity index (χ1n) is 6.45. The van der Waals surface area contributed by atoms with Crippen molar-refractivity contribution in [2.24, 2.45) is 5.92 Å². The van der Waals surface area contributed by atoms with Gasteiger partial charge in [0.25, 0.3) is 0 Å². The fourth-order valence-corrected chi connectivity index (χ4v) is 1.95. The molecule has 1 aliphatic heterocycles. The third-order valence-electron chi connectivity index (χ3n) is 3.15. The van der Waals surface area contributed by atoms with Crippen LogP contribution in [0.3, 0.4) is 0 Å². The first-order valence-corrected chi connectivity index (χ1v) is 6.45. The standard InChI is InChI=1S/C14H17NO5/c1-3-13(16)15(7-9(2)14(17)18)10-4-5-11-12(6-10)20-8-19-11/h4-6,9H,3,7-8H2,1-2H3,(H,17,18). The number of hydrogen-bond donors (Lipinski definition) is 1. The Labute approximate surface area is 116 Å². The summed E-state index contributed by atoms with van der Waals surface area (Å²) in [6, 6.07) is 5.15. The Morgan fingerprint density at radius 2 is 2.05 bits per heavy atom. The maximum Gasteiger partial charge on any atom is 0.308 e. The van der Waals surface area contributed by atoms with E-state index in [9.17, 15) is 9.59 Å². The van der Waals surface area contributed by atoms with Gasteiger partial charge in [-0.15, -0.1) is 0 Å². The number of amides is 1. The van der Waals surface area contributed by atoms with Gasteiger partial charge in [-0.25, -0.2) is 0 Å². The molecule has 6 nitrogen and oxygen atoms in total. The van der Waals surface area contributed by atoms with Gasteiger partial charge in [0, 0.05) is 24.7 Å². The molecular weight excluding hydrogens is 262 g/mol. The van der Waals surface area contributed by atoms with Gasteiger partial charge in [-0.3, -0.25) is 9.59 Å². The molecule has 1 atom stereocenters. The van der Waals surface area contributed by atoms with Crippen molar-refractivity contribution in [2.75, 3.05) is 18.2 Å². The summed E-state index contributed by atoms with van der Waals surface area (Å²) in [5.41, 5.74) is 0.620. The van der Waals surface area contributed by atoms with Gasteiger partial charge in [0.05, 0.1) is 5.92 Å². The second kappa shape index (κ2) is 5.81. The number of carbonyl (C=O) groups excluding carboxylic acids is 1. The van der Waals surface area contributed by atoms with Crippen molar-refractivity contribution in [3.8, 4) is 11.5 Å². The topological polar surface area (TPSA) is 76.1 Å². The van der Waals surface area contributed by atoms with E-state index >= 15 is 0 Å². The minimum atomic E-state index is -0.931. The zero-order chi connectivity index (χ0) is 14.7. The average molecular weight is 279 g/mol. The maximum absolute atomic E-state index is 12.0. The van der Waals surface area contributed by atoms with E-state index in [2.05, 4.69) is 0 Å². The first-order chi connectivity index (χ1) is 9.52. The van der Waals surface area contributed by atoms with Gasteiger partial charge in [-0.1, -0.05) is 13.8 Å². The summed E-state index contributed by atoms with van der Waals surface area (Å²) in [5, 5.41) is 9.00. The number of hydrogen-bond acceptors (Lipinski definition) is 4. The summed E-state index contributed by atoms with van der Waals surface area (Å²) >= 11 is 0. The van der Waals surface area contributed by atoms with Gasteiger partial charge in [0.2, 0.25) is 12.7 Å². The molecule has 0 aromatic heterocycles. The second-order valence-corrected chi connectivity index (χ2v) is 4.63. The van der Waals surface area contributed by atoms with Crippen LogP contribution in [0.25, 0.3) is 0 Å². The molecular formula is C14H17NO5. The minimum absolute atomic E-state index is 0.127. The van der Waals surface area contributed by atoms with E-state index in [1.54, 1.807) is 32.0 Å². The van der Waals surface area contributed by atoms with Gasteiger partial charge >= 0.3 is 5.97 Å². The molecule has 1 aliphatic rings. The molecule has 0 saturated carbocycles. The van der Waals surface area contributed by atoms with Gasteiger partial charge in [0.1, 0.15) is 0 Å². The Morgan fingerprint density at radius 1 is 1.35 bits per heavy atom. The van der Waals surface area contributed by atoms with E-state index in [0.717, 1.165) is 0 Å². The Balaban J connectivity index is 2.26. The summed E-state index contributed by atoms with van der Waals surface area (Å²) in [4.78, 5) is 24.5. The number of nitrogens with zero attached hydrogens (tertiary/aromatic N) is 1. The second-order valence-electron chi connectivity index (χ2n) is 4.63. The predicted molar refractivity (Wildman–Crippen MR) is 72.0 cm³/mol. The zero-order valence-electron chi connectivity index (χ0n) is 11.5. The number of carbonyl (C=O) groups is 2. The summed E-state index contributed by atoms with van der Waals surface area (Å²) in [6.45, 7) is 3.60. The SMILES string of the molecule is CCC(=O)N(CC(C)C(=O)O)c1ccc2c(c1)OCO2. The largest absolute Gasteiger partial charge is 0.481 e. The van der Waals surface area contributed by atoms with Gasteiger partial charge in [-0.2, -0.15) is 0 Å². The van der Waals surface area contributed by atoms with Crippen LogP contribution in [-0.2, 0) is 9.59 Å². The summed E-state index contributed by atoms with van der Waals surface area (Å²) < 4.78 is 10.5. The number of fused-ring (bicyclic) bond motifs is 1. The van der Waals surface area contributed by atoms with Gasteiger partial charge in [0.15, 0.2) is 11.5 Å². The predicted octanol–water partition coefficient (Wildman–Crippen LogP) is 1.88. The van der Waals surface area contributed by atoms with E-state index < -0.39 is 11.9 Å². The number of carboxylic acid groups (broad SMARTS) is 1. The van der Waals surface area contributed by atoms with Crippen LogP contribution in [0.1, 0.15) is 20.3 Å². The number of rotatable bonds is 5. The molecule has 20 heavy (non-hydrogen) atoms. The highest BCUT2D eigenvalue weighted by atomic mass is 16.7. The molecule has 1 aromatic carbocycles. The van der Waals surface area contributed by atoms with Crippen LogP contribution >= 0.6 is 0 Å². The van der Waals surface area contributed by atoms with E-state index in [4.69, 9.17) is 14.6 Å². The van der Waals surface area contributed by atoms with Crippen LogP contribution in [0.5, 0.6) is 11.5 Å². The number of aliphatic carboxylic acids is 1. The molecule has 1 unspecified atom stereocenters. The van der Waals surface area contributed by atoms with Crippen molar-refractivity contribution < 1.29 is 24.2 Å². The lowest BCUT2D eigenvalue weighted by Crippen LogP contribution is -2.36. The molecule has 1 amide bonds. The third kappa shape index (κ3) is 2.84. The smallest absolute Gasteiger partial charge is 0.308 e. The van der Waals surface area contributed by atoms with Gasteiger partial charge in [-0.05, 0) is 12.1 Å². The van der Waals surface area contributed by atoms with E-state index in [1.165, 1.54) is 4.90 Å². The van der Waals surface area contributed by atoms with Crippen LogP contribution in [0.2, 0.25) is 0 Å². The molecule has 0 radical (unpaired) electrons. The highest BCUT2D eigenvalue weighted by Crippen LogP contribution is 2.35. The fourth-order valence-electron chi connectivity index (χ4n) is 1.95. The Kier molecular flexibility index (Phi) is 4.12. The fraction of sp³-hybridized carbons (Fsp3) is 0.429. The number of ether oxygens (including phenoxy) is 2. The Morgan fingerprint density at radius 3 is 2.70 bits per heavy atom. The maximum atomic E-state index is 12.0. The summed E-state index contributed by atoms with van der Waals surface area (Å²) in [6.07, 6.45) is 0.306. The molecule has 2 rings (SSSR count). The number of carboxylic acids is 1. The highest BCUT2D eigenvalue weighted by molar-refractivity contribution is 5.94. The van der Waals surface area contributed by atoms with E-state index in [-0.39, 0.29) is 19.2 Å². The Hall–Kier alpha value is -2.24. The number of anilines is 1. The summed E-state index contributed by atoms with van der Waals surface area (Å²) in [7, 11) is 0. The summed E-state index contributed by atoms with van der Waals surface area (Å²) in [5.74, 6) is -0.504. The van der Waals surface area contributed by atoms with Crippen molar-refractivity contribution in [1.29, 1.82) is 0 Å². The van der Waals surface area contributed by atoms with Crippen LogP contribution in [0, 0.1) is 5.92 Å². The van der Waals surface area contributed by atoms with Crippen molar-refractivity contribution in [2.45, 2.75) is 20.3 Å². The first kappa shape index (κ1) is 14.2. The molecule has 0 saturated heterocycles. The minimum Gasteiger partial charge on any atom is -0.481 e. The molecule has 0 aliphatic carbocycles. The molecule has 1 N–H and O–H groups in total. The molecule has 108 valence electrons. The number of benzene rings is 1. The lowest BCUT2D eigenvalue weighted by molar-refractivity contribution is -0.140. The zero-order valence-corrected chi connectivity index (χ0v) is 11.5. The van der Waals surface area contributed by atoms with Crippen LogP contribution in [-0.4, -0.2) is 30.3 Å². The molecule has 1 aromatic rings. The molecule has 0 bridgehead atoms. The quantitative estimate of drug-likeness (QED) is 0.890. The molecule has 6 heteroatoms. The normalized spacial score (nSPS) is 13.9. The average Bonchev–Trinajstić information content (AvgIpc) is 2.90. The highest BCUT2D eigenvalue weighted by Gasteiger charge is 2.23. The lowest BCUT2D eigenvalue weighted by Gasteiger charge is -2.24. The van der Waals surface area contributed by atoms with Crippen LogP contribution < -0.4 is 14.4 Å². The Bertz CT molecular complexity index is 528. The van der Waals surface area contributed by atoms with Crippen LogP contribution in [0.15, 0.2) is 18.2 Å². The molecule has 0 spiro atoms. The van der Waals surface area contributed by atoms with Crippen molar-refractivity contribution >= 4 is 17.6 Å². The molecule has 0 fully saturated rings. The third-order valence-corrected chi connectivity index (χ3v) is 3.15. The molecule has 1 heterocycles. The van der Waals surface area contributed by atoms with Crippen molar-refractivity contribution in [3.63, 3.8) is 0 Å². The van der Waals surface area contributed by atoms with E-state index in [0.29, 0.717) is 23.6 Å². The lowest BCUT2D eigenvalue weighted by atomic mass is 10.1. The monoisotopic (exact) mass is 279 g/mol. The van der Waals surface area contributed by atoms with E-state index in [1.807, 2.05) is 0 Å². The van der Waals surface area contributed by atoms with Crippen molar-refractivity contribution in [3.05, 3.63) is 18.2 Å².